The van der Waals surface area contributed by atoms with E-state index in [1.54, 1.807) is 30.3 Å². The summed E-state index contributed by atoms with van der Waals surface area (Å²) in [7, 11) is 0. The molecule has 3 heterocycles. The fraction of sp³-hybridized carbons (Fsp3) is 0.435. The highest BCUT2D eigenvalue weighted by atomic mass is 19.4. The molecule has 1 amide bonds. The molecule has 188 valence electrons. The van der Waals surface area contributed by atoms with Crippen LogP contribution in [0.4, 0.5) is 13.2 Å². The second kappa shape index (κ2) is 10.2. The molecule has 1 aromatic heterocycles. The number of pyridine rings is 1. The average molecular weight is 495 g/mol. The van der Waals surface area contributed by atoms with Gasteiger partial charge in [0, 0.05) is 18.4 Å². The molecule has 0 radical (unpaired) electrons. The fourth-order valence-electron chi connectivity index (χ4n) is 4.02. The number of amides is 1. The number of oxime groups is 1. The highest BCUT2D eigenvalue weighted by Gasteiger charge is 2.40. The maximum Gasteiger partial charge on any atom is 0.433 e. The molecule has 9 nitrogen and oxygen atoms in total. The molecule has 1 aromatic carbocycles. The van der Waals surface area contributed by atoms with Gasteiger partial charge in [0.1, 0.15) is 19.0 Å². The van der Waals surface area contributed by atoms with Crippen molar-refractivity contribution in [2.45, 2.75) is 51.2 Å². The minimum Gasteiger partial charge on any atom is -0.411 e. The molecule has 2 aliphatic heterocycles. The van der Waals surface area contributed by atoms with E-state index in [0.29, 0.717) is 5.56 Å². The number of carbonyl (C=O) groups excluding carboxylic acids is 1. The first-order valence-electron chi connectivity index (χ1n) is 10.8. The van der Waals surface area contributed by atoms with Crippen LogP contribution in [0.1, 0.15) is 34.4 Å². The van der Waals surface area contributed by atoms with Crippen molar-refractivity contribution in [3.63, 3.8) is 0 Å². The van der Waals surface area contributed by atoms with Crippen LogP contribution in [0.3, 0.4) is 0 Å². The molecular weight excluding hydrogens is 471 g/mol. The van der Waals surface area contributed by atoms with Gasteiger partial charge in [0.05, 0.1) is 18.4 Å². The summed E-state index contributed by atoms with van der Waals surface area (Å²) in [6, 6.07) is 8.62. The number of hydroxylamine groups is 1. The van der Waals surface area contributed by atoms with Gasteiger partial charge in [0.25, 0.3) is 5.91 Å². The number of benzene rings is 1. The Morgan fingerprint density at radius 3 is 2.57 bits per heavy atom. The summed E-state index contributed by atoms with van der Waals surface area (Å²) in [4.78, 5) is 21.6. The monoisotopic (exact) mass is 495 g/mol. The third-order valence-corrected chi connectivity index (χ3v) is 6.11. The molecule has 3 atom stereocenters. The van der Waals surface area contributed by atoms with E-state index >= 15 is 0 Å². The van der Waals surface area contributed by atoms with Gasteiger partial charge >= 0.3 is 6.18 Å². The Morgan fingerprint density at radius 2 is 1.89 bits per heavy atom. The predicted molar refractivity (Wildman–Crippen MR) is 115 cm³/mol. The topological polar surface area (TPSA) is 112 Å². The summed E-state index contributed by atoms with van der Waals surface area (Å²) in [5.74, 6) is -1.16. The molecule has 35 heavy (non-hydrogen) atoms. The van der Waals surface area contributed by atoms with Crippen LogP contribution in [-0.2, 0) is 31.6 Å². The van der Waals surface area contributed by atoms with Crippen molar-refractivity contribution in [2.24, 2.45) is 5.16 Å². The van der Waals surface area contributed by atoms with Crippen LogP contribution in [0.15, 0.2) is 35.5 Å². The van der Waals surface area contributed by atoms with Crippen LogP contribution < -0.4 is 10.3 Å². The SMILES string of the molecule is Cc1c(C(F)(F)F)nc(ONC(=O)C2CC3OCOC3CO2)c(C/C(=N/O)c2ccccc2)c1C. The Balaban J connectivity index is 1.60. The quantitative estimate of drug-likeness (QED) is 0.360. The van der Waals surface area contributed by atoms with Gasteiger partial charge in [0.15, 0.2) is 5.69 Å². The number of aromatic nitrogens is 1. The summed E-state index contributed by atoms with van der Waals surface area (Å²) in [5, 5.41) is 12.9. The molecule has 4 rings (SSSR count). The van der Waals surface area contributed by atoms with Gasteiger partial charge in [-0.05, 0) is 30.5 Å². The zero-order valence-electron chi connectivity index (χ0n) is 19.0. The number of halogens is 3. The maximum absolute atomic E-state index is 13.6. The molecule has 2 saturated heterocycles. The summed E-state index contributed by atoms with van der Waals surface area (Å²) in [6.45, 7) is 3.03. The number of hydrogen-bond donors (Lipinski definition) is 2. The Bertz CT molecular complexity index is 1110. The van der Waals surface area contributed by atoms with E-state index in [9.17, 15) is 23.2 Å². The van der Waals surface area contributed by atoms with E-state index in [1.807, 2.05) is 0 Å². The normalized spacial score (nSPS) is 22.5. The number of rotatable bonds is 6. The summed E-state index contributed by atoms with van der Waals surface area (Å²) >= 11 is 0. The van der Waals surface area contributed by atoms with Crippen LogP contribution in [0, 0.1) is 13.8 Å². The molecule has 2 aliphatic rings. The maximum atomic E-state index is 13.6. The molecule has 0 aliphatic carbocycles. The first-order chi connectivity index (χ1) is 16.7. The molecule has 0 bridgehead atoms. The number of hydrogen-bond acceptors (Lipinski definition) is 8. The van der Waals surface area contributed by atoms with Gasteiger partial charge < -0.3 is 24.3 Å². The van der Waals surface area contributed by atoms with Gasteiger partial charge in [-0.3, -0.25) is 4.79 Å². The minimum atomic E-state index is -4.75. The average Bonchev–Trinajstić information content (AvgIpc) is 3.31. The van der Waals surface area contributed by atoms with Crippen molar-refractivity contribution in [1.82, 2.24) is 10.5 Å². The Hall–Kier alpha value is -3.22. The van der Waals surface area contributed by atoms with E-state index < -0.39 is 29.8 Å². The molecule has 3 unspecified atom stereocenters. The largest absolute Gasteiger partial charge is 0.433 e. The van der Waals surface area contributed by atoms with Crippen LogP contribution in [0.25, 0.3) is 0 Å². The number of nitrogens with one attached hydrogen (secondary N) is 1. The van der Waals surface area contributed by atoms with Crippen LogP contribution in [0.5, 0.6) is 5.88 Å². The number of carbonyl (C=O) groups is 1. The van der Waals surface area contributed by atoms with Gasteiger partial charge in [-0.2, -0.15) is 18.7 Å². The first kappa shape index (κ1) is 24.9. The molecule has 2 aromatic rings. The molecule has 12 heteroatoms. The van der Waals surface area contributed by atoms with Crippen LogP contribution in [0.2, 0.25) is 0 Å². The van der Waals surface area contributed by atoms with Crippen molar-refractivity contribution < 1.29 is 42.2 Å². The lowest BCUT2D eigenvalue weighted by Gasteiger charge is -2.28. The standard InChI is InChI=1S/C23H24F3N3O6/c1-12-13(2)20(23(24,25)26)27-22(15(12)8-16(28-31)14-6-4-3-5-7-14)35-29-21(30)18-9-17-19(10-32-18)34-11-33-17/h3-7,17-19,31H,8-11H2,1-2H3,(H,29,30)/b28-16-. The lowest BCUT2D eigenvalue weighted by molar-refractivity contribution is -0.150. The van der Waals surface area contributed by atoms with Crippen molar-refractivity contribution in [1.29, 1.82) is 0 Å². The molecule has 2 fully saturated rings. The first-order valence-corrected chi connectivity index (χ1v) is 10.8. The van der Waals surface area contributed by atoms with Gasteiger partial charge in [0.2, 0.25) is 5.88 Å². The Kier molecular flexibility index (Phi) is 7.24. The van der Waals surface area contributed by atoms with E-state index in [1.165, 1.54) is 13.8 Å². The third kappa shape index (κ3) is 5.39. The second-order valence-electron chi connectivity index (χ2n) is 8.24. The van der Waals surface area contributed by atoms with Gasteiger partial charge in [-0.15, -0.1) is 0 Å². The lowest BCUT2D eigenvalue weighted by Crippen LogP contribution is -2.47. The zero-order chi connectivity index (χ0) is 25.2. The summed E-state index contributed by atoms with van der Waals surface area (Å²) in [5.41, 5.74) is 2.12. The number of fused-ring (bicyclic) bond motifs is 1. The smallest absolute Gasteiger partial charge is 0.411 e. The van der Waals surface area contributed by atoms with Crippen LogP contribution >= 0.6 is 0 Å². The second-order valence-corrected chi connectivity index (χ2v) is 8.24. The van der Waals surface area contributed by atoms with E-state index in [4.69, 9.17) is 19.0 Å². The molecular formula is C23H24F3N3O6. The van der Waals surface area contributed by atoms with Crippen LogP contribution in [-0.4, -0.2) is 53.5 Å². The fourth-order valence-corrected chi connectivity index (χ4v) is 4.02. The van der Waals surface area contributed by atoms with E-state index in [2.05, 4.69) is 15.6 Å². The molecule has 0 saturated carbocycles. The van der Waals surface area contributed by atoms with Crippen molar-refractivity contribution in [2.75, 3.05) is 13.4 Å². The molecule has 2 N–H and O–H groups in total. The van der Waals surface area contributed by atoms with E-state index in [-0.39, 0.29) is 60.9 Å². The summed E-state index contributed by atoms with van der Waals surface area (Å²) in [6.07, 6.45) is -6.16. The van der Waals surface area contributed by atoms with Gasteiger partial charge in [-0.25, -0.2) is 4.98 Å². The Morgan fingerprint density at radius 1 is 1.17 bits per heavy atom. The minimum absolute atomic E-state index is 0.0988. The Labute approximate surface area is 198 Å². The third-order valence-electron chi connectivity index (χ3n) is 6.11. The number of nitrogens with zero attached hydrogens (tertiary/aromatic N) is 2. The van der Waals surface area contributed by atoms with Crippen molar-refractivity contribution in [3.8, 4) is 5.88 Å². The summed E-state index contributed by atoms with van der Waals surface area (Å²) < 4.78 is 57.1. The lowest BCUT2D eigenvalue weighted by atomic mass is 9.96. The highest BCUT2D eigenvalue weighted by molar-refractivity contribution is 6.01. The predicted octanol–water partition coefficient (Wildman–Crippen LogP) is 3.08. The highest BCUT2D eigenvalue weighted by Crippen LogP contribution is 2.36. The molecule has 0 spiro atoms. The van der Waals surface area contributed by atoms with Gasteiger partial charge in [-0.1, -0.05) is 35.5 Å². The number of alkyl halides is 3. The van der Waals surface area contributed by atoms with Crippen molar-refractivity contribution >= 4 is 11.6 Å². The zero-order valence-corrected chi connectivity index (χ0v) is 19.0. The van der Waals surface area contributed by atoms with Crippen molar-refractivity contribution in [3.05, 3.63) is 58.3 Å². The number of ether oxygens (including phenoxy) is 3. The van der Waals surface area contributed by atoms with E-state index in [0.717, 1.165) is 0 Å².